The lowest BCUT2D eigenvalue weighted by atomic mass is 9.85. The van der Waals surface area contributed by atoms with E-state index in [1.54, 1.807) is 0 Å². The number of hydrogen-bond donors (Lipinski definition) is 2. The van der Waals surface area contributed by atoms with Crippen LogP contribution in [0.25, 0.3) is 0 Å². The van der Waals surface area contributed by atoms with E-state index in [0.29, 0.717) is 19.6 Å². The molecule has 0 radical (unpaired) electrons. The first-order valence-electron chi connectivity index (χ1n) is 6.98. The second-order valence-electron chi connectivity index (χ2n) is 5.85. The summed E-state index contributed by atoms with van der Waals surface area (Å²) in [6, 6.07) is -0.0988. The summed E-state index contributed by atoms with van der Waals surface area (Å²) >= 11 is 0. The number of hydrogen-bond acceptors (Lipinski definition) is 3. The van der Waals surface area contributed by atoms with E-state index in [1.807, 2.05) is 20.8 Å². The van der Waals surface area contributed by atoms with E-state index in [-0.39, 0.29) is 17.4 Å². The van der Waals surface area contributed by atoms with Crippen LogP contribution in [0.5, 0.6) is 0 Å². The quantitative estimate of drug-likeness (QED) is 0.622. The van der Waals surface area contributed by atoms with Gasteiger partial charge in [-0.05, 0) is 18.3 Å². The molecule has 0 aliphatic heterocycles. The number of nitrogens with one attached hydrogen (secondary N) is 1. The van der Waals surface area contributed by atoms with Crippen LogP contribution in [0.1, 0.15) is 53.4 Å². The van der Waals surface area contributed by atoms with Crippen LogP contribution in [0, 0.1) is 5.41 Å². The molecule has 0 rings (SSSR count). The molecular formula is C14H30N2O2. The maximum Gasteiger partial charge on any atom is 0.221 e. The Balaban J connectivity index is 3.48. The largest absolute Gasteiger partial charge is 0.381 e. The van der Waals surface area contributed by atoms with Gasteiger partial charge in [0, 0.05) is 32.2 Å². The average Bonchev–Trinajstić information content (AvgIpc) is 2.26. The van der Waals surface area contributed by atoms with Crippen LogP contribution < -0.4 is 11.1 Å². The molecule has 0 heterocycles. The van der Waals surface area contributed by atoms with Crippen molar-refractivity contribution >= 4 is 5.91 Å². The maximum absolute atomic E-state index is 11.6. The highest BCUT2D eigenvalue weighted by atomic mass is 16.5. The Labute approximate surface area is 112 Å². The fraction of sp³-hybridized carbons (Fsp3) is 0.929. The molecule has 0 bridgehead atoms. The maximum atomic E-state index is 11.6. The van der Waals surface area contributed by atoms with Gasteiger partial charge in [-0.3, -0.25) is 4.79 Å². The van der Waals surface area contributed by atoms with Gasteiger partial charge in [0.2, 0.25) is 5.91 Å². The number of rotatable bonds is 9. The normalized spacial score (nSPS) is 13.4. The van der Waals surface area contributed by atoms with E-state index in [9.17, 15) is 4.79 Å². The van der Waals surface area contributed by atoms with Crippen LogP contribution in [0.2, 0.25) is 0 Å². The molecule has 0 fully saturated rings. The first kappa shape index (κ1) is 17.4. The zero-order valence-corrected chi connectivity index (χ0v) is 12.4. The fourth-order valence-corrected chi connectivity index (χ4v) is 1.33. The summed E-state index contributed by atoms with van der Waals surface area (Å²) in [5, 5.41) is 2.88. The van der Waals surface area contributed by atoms with E-state index in [0.717, 1.165) is 25.9 Å². The number of ether oxygens (including phenoxy) is 1. The van der Waals surface area contributed by atoms with Crippen LogP contribution in [0.3, 0.4) is 0 Å². The highest BCUT2D eigenvalue weighted by Gasteiger charge is 2.22. The predicted octanol–water partition coefficient (Wildman–Crippen LogP) is 2.07. The zero-order valence-electron chi connectivity index (χ0n) is 12.4. The molecule has 4 heteroatoms. The molecule has 4 nitrogen and oxygen atoms in total. The van der Waals surface area contributed by atoms with Crippen molar-refractivity contribution in [3.8, 4) is 0 Å². The molecule has 1 unspecified atom stereocenters. The van der Waals surface area contributed by atoms with Crippen molar-refractivity contribution in [2.24, 2.45) is 11.1 Å². The van der Waals surface area contributed by atoms with E-state index in [4.69, 9.17) is 10.5 Å². The van der Waals surface area contributed by atoms with Crippen molar-refractivity contribution in [2.75, 3.05) is 19.8 Å². The molecule has 0 spiro atoms. The van der Waals surface area contributed by atoms with Gasteiger partial charge in [-0.15, -0.1) is 0 Å². The lowest BCUT2D eigenvalue weighted by Gasteiger charge is -2.26. The first-order valence-corrected chi connectivity index (χ1v) is 6.98. The van der Waals surface area contributed by atoms with Crippen molar-refractivity contribution in [3.05, 3.63) is 0 Å². The third kappa shape index (κ3) is 9.42. The topological polar surface area (TPSA) is 64.3 Å². The molecule has 18 heavy (non-hydrogen) atoms. The lowest BCUT2D eigenvalue weighted by molar-refractivity contribution is -0.122. The molecule has 0 aliphatic carbocycles. The number of carbonyl (C=O) groups is 1. The summed E-state index contributed by atoms with van der Waals surface area (Å²) in [6.45, 7) is 10.5. The van der Waals surface area contributed by atoms with Gasteiger partial charge in [0.25, 0.3) is 0 Å². The van der Waals surface area contributed by atoms with Gasteiger partial charge < -0.3 is 15.8 Å². The van der Waals surface area contributed by atoms with Crippen molar-refractivity contribution in [1.82, 2.24) is 5.32 Å². The van der Waals surface area contributed by atoms with Crippen LogP contribution in [-0.4, -0.2) is 31.7 Å². The van der Waals surface area contributed by atoms with E-state index >= 15 is 0 Å². The number of unbranched alkanes of at least 4 members (excludes halogenated alkanes) is 1. The summed E-state index contributed by atoms with van der Waals surface area (Å²) in [5.74, 6) is 0.0333. The highest BCUT2D eigenvalue weighted by Crippen LogP contribution is 2.19. The van der Waals surface area contributed by atoms with Crippen molar-refractivity contribution < 1.29 is 9.53 Å². The molecule has 3 N–H and O–H groups in total. The first-order chi connectivity index (χ1) is 8.38. The highest BCUT2D eigenvalue weighted by molar-refractivity contribution is 5.76. The van der Waals surface area contributed by atoms with Gasteiger partial charge in [0.1, 0.15) is 0 Å². The van der Waals surface area contributed by atoms with Gasteiger partial charge >= 0.3 is 0 Å². The van der Waals surface area contributed by atoms with Gasteiger partial charge in [-0.1, -0.05) is 34.1 Å². The molecule has 0 aromatic heterocycles. The van der Waals surface area contributed by atoms with Crippen LogP contribution in [0.4, 0.5) is 0 Å². The minimum atomic E-state index is -0.0988. The molecule has 0 aromatic rings. The van der Waals surface area contributed by atoms with Gasteiger partial charge in [-0.2, -0.15) is 0 Å². The van der Waals surface area contributed by atoms with E-state index in [2.05, 4.69) is 12.2 Å². The second kappa shape index (κ2) is 9.34. The zero-order chi connectivity index (χ0) is 14.0. The second-order valence-corrected chi connectivity index (χ2v) is 5.85. The minimum Gasteiger partial charge on any atom is -0.381 e. The summed E-state index contributed by atoms with van der Waals surface area (Å²) < 4.78 is 5.42. The molecule has 0 saturated carbocycles. The van der Waals surface area contributed by atoms with Gasteiger partial charge in [-0.25, -0.2) is 0 Å². The summed E-state index contributed by atoms with van der Waals surface area (Å²) in [6.07, 6.45) is 3.51. The molecule has 1 atom stereocenters. The third-order valence-electron chi connectivity index (χ3n) is 2.95. The monoisotopic (exact) mass is 258 g/mol. The number of nitrogens with two attached hydrogens (primary N) is 1. The SMILES string of the molecule is CCCCOCCCNC(=O)CC(N)C(C)(C)C. The molecule has 1 amide bonds. The van der Waals surface area contributed by atoms with Crippen molar-refractivity contribution in [2.45, 2.75) is 59.4 Å². The van der Waals surface area contributed by atoms with E-state index < -0.39 is 0 Å². The fourth-order valence-electron chi connectivity index (χ4n) is 1.33. The predicted molar refractivity (Wildman–Crippen MR) is 75.4 cm³/mol. The Kier molecular flexibility index (Phi) is 9.02. The average molecular weight is 258 g/mol. The standard InChI is InChI=1S/C14H30N2O2/c1-5-6-9-18-10-7-8-16-13(17)11-12(15)14(2,3)4/h12H,5-11,15H2,1-4H3,(H,16,17). The third-order valence-corrected chi connectivity index (χ3v) is 2.95. The Bertz CT molecular complexity index is 224. The summed E-state index contributed by atoms with van der Waals surface area (Å²) in [5.41, 5.74) is 5.92. The number of carbonyl (C=O) groups excluding carboxylic acids is 1. The van der Waals surface area contributed by atoms with Crippen molar-refractivity contribution in [1.29, 1.82) is 0 Å². The molecule has 108 valence electrons. The van der Waals surface area contributed by atoms with Crippen LogP contribution in [0.15, 0.2) is 0 Å². The van der Waals surface area contributed by atoms with Crippen LogP contribution >= 0.6 is 0 Å². The molecular weight excluding hydrogens is 228 g/mol. The van der Waals surface area contributed by atoms with Crippen molar-refractivity contribution in [3.63, 3.8) is 0 Å². The summed E-state index contributed by atoms with van der Waals surface area (Å²) in [7, 11) is 0. The molecule has 0 saturated heterocycles. The lowest BCUT2D eigenvalue weighted by Crippen LogP contribution is -2.40. The molecule has 0 aromatic carbocycles. The van der Waals surface area contributed by atoms with Gasteiger partial charge in [0.15, 0.2) is 0 Å². The Morgan fingerprint density at radius 3 is 2.44 bits per heavy atom. The summed E-state index contributed by atoms with van der Waals surface area (Å²) in [4.78, 5) is 11.6. The Hall–Kier alpha value is -0.610. The minimum absolute atomic E-state index is 0.0272. The smallest absolute Gasteiger partial charge is 0.221 e. The Morgan fingerprint density at radius 2 is 1.89 bits per heavy atom. The molecule has 0 aliphatic rings. The van der Waals surface area contributed by atoms with Gasteiger partial charge in [0.05, 0.1) is 0 Å². The van der Waals surface area contributed by atoms with Crippen LogP contribution in [-0.2, 0) is 9.53 Å². The van der Waals surface area contributed by atoms with E-state index in [1.165, 1.54) is 0 Å². The number of amides is 1. The Morgan fingerprint density at radius 1 is 1.28 bits per heavy atom.